The van der Waals surface area contributed by atoms with Gasteiger partial charge in [-0.2, -0.15) is 0 Å². The zero-order chi connectivity index (χ0) is 13.6. The van der Waals surface area contributed by atoms with Crippen molar-refractivity contribution in [1.29, 1.82) is 0 Å². The molecule has 0 unspecified atom stereocenters. The monoisotopic (exact) mass is 313 g/mol. The Kier molecular flexibility index (Phi) is 5.27. The number of alkyl carbamates (subject to hydrolysis) is 1. The van der Waals surface area contributed by atoms with Crippen molar-refractivity contribution in [3.8, 4) is 0 Å². The van der Waals surface area contributed by atoms with Crippen LogP contribution in [0.5, 0.6) is 0 Å². The molecule has 6 heteroatoms. The quantitative estimate of drug-likeness (QED) is 0.932. The summed E-state index contributed by atoms with van der Waals surface area (Å²) in [7, 11) is 0. The zero-order valence-electron chi connectivity index (χ0n) is 10.6. The van der Waals surface area contributed by atoms with Crippen molar-refractivity contribution in [3.63, 3.8) is 0 Å². The highest BCUT2D eigenvalue weighted by atomic mass is 79.9. The molecule has 0 fully saturated rings. The van der Waals surface area contributed by atoms with E-state index in [2.05, 4.69) is 31.2 Å². The average molecular weight is 314 g/mol. The minimum absolute atomic E-state index is 0.382. The fourth-order valence-corrected chi connectivity index (χ4v) is 1.25. The SMILES string of the molecule is CC(C)(C)OC(=O)NCC=Cc1cnc(Br)cn1. The summed E-state index contributed by atoms with van der Waals surface area (Å²) < 4.78 is 5.77. The first-order valence-electron chi connectivity index (χ1n) is 5.48. The van der Waals surface area contributed by atoms with Gasteiger partial charge in [-0.3, -0.25) is 4.98 Å². The van der Waals surface area contributed by atoms with Crippen LogP contribution in [0.3, 0.4) is 0 Å². The van der Waals surface area contributed by atoms with Crippen LogP contribution in [0, 0.1) is 0 Å². The summed E-state index contributed by atoms with van der Waals surface area (Å²) in [6.07, 6.45) is 6.36. The van der Waals surface area contributed by atoms with Gasteiger partial charge in [0, 0.05) is 6.54 Å². The second-order valence-corrected chi connectivity index (χ2v) is 5.36. The molecular formula is C12H16BrN3O2. The lowest BCUT2D eigenvalue weighted by molar-refractivity contribution is 0.0534. The maximum atomic E-state index is 11.3. The highest BCUT2D eigenvalue weighted by molar-refractivity contribution is 9.10. The van der Waals surface area contributed by atoms with Crippen LogP contribution >= 0.6 is 15.9 Å². The third kappa shape index (κ3) is 6.34. The molecule has 0 aliphatic carbocycles. The van der Waals surface area contributed by atoms with E-state index in [1.54, 1.807) is 24.5 Å². The molecule has 18 heavy (non-hydrogen) atoms. The van der Waals surface area contributed by atoms with Crippen molar-refractivity contribution in [1.82, 2.24) is 15.3 Å². The van der Waals surface area contributed by atoms with Gasteiger partial charge in [-0.05, 0) is 42.8 Å². The largest absolute Gasteiger partial charge is 0.444 e. The summed E-state index contributed by atoms with van der Waals surface area (Å²) >= 11 is 3.20. The molecule has 5 nitrogen and oxygen atoms in total. The Hall–Kier alpha value is -1.43. The Morgan fingerprint density at radius 2 is 2.17 bits per heavy atom. The maximum absolute atomic E-state index is 11.3. The van der Waals surface area contributed by atoms with Gasteiger partial charge in [-0.15, -0.1) is 0 Å². The number of rotatable bonds is 3. The average Bonchev–Trinajstić information content (AvgIpc) is 2.24. The summed E-state index contributed by atoms with van der Waals surface area (Å²) in [6, 6.07) is 0. The fourth-order valence-electron chi connectivity index (χ4n) is 1.04. The molecule has 0 aliphatic rings. The molecule has 0 aliphatic heterocycles. The lowest BCUT2D eigenvalue weighted by Crippen LogP contribution is -2.32. The molecule has 0 saturated heterocycles. The van der Waals surface area contributed by atoms with Gasteiger partial charge in [0.2, 0.25) is 0 Å². The molecule has 0 aromatic carbocycles. The normalized spacial score (nSPS) is 11.6. The third-order valence-corrected chi connectivity index (χ3v) is 2.10. The molecule has 0 saturated carbocycles. The molecule has 98 valence electrons. The van der Waals surface area contributed by atoms with Gasteiger partial charge in [0.1, 0.15) is 10.2 Å². The van der Waals surface area contributed by atoms with Crippen LogP contribution in [-0.2, 0) is 4.74 Å². The van der Waals surface area contributed by atoms with Gasteiger partial charge in [-0.25, -0.2) is 9.78 Å². The Balaban J connectivity index is 2.33. The number of nitrogens with zero attached hydrogens (tertiary/aromatic N) is 2. The predicted octanol–water partition coefficient (Wildman–Crippen LogP) is 2.78. The Labute approximate surface area is 115 Å². The molecule has 1 rings (SSSR count). The molecule has 0 atom stereocenters. The standard InChI is InChI=1S/C12H16BrN3O2/c1-12(2,3)18-11(17)14-6-4-5-9-7-16-10(13)8-15-9/h4-5,7-8H,6H2,1-3H3,(H,14,17). The first-order chi connectivity index (χ1) is 8.37. The number of hydrogen-bond donors (Lipinski definition) is 1. The molecule has 0 bridgehead atoms. The second-order valence-electron chi connectivity index (χ2n) is 4.55. The molecule has 1 heterocycles. The van der Waals surface area contributed by atoms with E-state index in [-0.39, 0.29) is 0 Å². The zero-order valence-corrected chi connectivity index (χ0v) is 12.2. The lowest BCUT2D eigenvalue weighted by atomic mass is 10.2. The minimum atomic E-state index is -0.481. The van der Waals surface area contributed by atoms with Crippen LogP contribution in [0.4, 0.5) is 4.79 Å². The first-order valence-corrected chi connectivity index (χ1v) is 6.27. The molecular weight excluding hydrogens is 298 g/mol. The highest BCUT2D eigenvalue weighted by Gasteiger charge is 2.14. The van der Waals surface area contributed by atoms with Crippen molar-refractivity contribution in [3.05, 3.63) is 28.8 Å². The van der Waals surface area contributed by atoms with Gasteiger partial charge in [0.15, 0.2) is 0 Å². The number of carbonyl (C=O) groups excluding carboxylic acids is 1. The number of nitrogens with one attached hydrogen (secondary N) is 1. The molecule has 0 radical (unpaired) electrons. The van der Waals surface area contributed by atoms with E-state index in [4.69, 9.17) is 4.74 Å². The maximum Gasteiger partial charge on any atom is 0.407 e. The molecule has 1 aromatic rings. The summed E-state index contributed by atoms with van der Waals surface area (Å²) in [5.74, 6) is 0. The predicted molar refractivity (Wildman–Crippen MR) is 73.0 cm³/mol. The summed E-state index contributed by atoms with van der Waals surface area (Å²) in [4.78, 5) is 19.5. The lowest BCUT2D eigenvalue weighted by Gasteiger charge is -2.19. The first kappa shape index (κ1) is 14.6. The number of ether oxygens (including phenoxy) is 1. The van der Waals surface area contributed by atoms with Crippen LogP contribution in [0.2, 0.25) is 0 Å². The number of halogens is 1. The van der Waals surface area contributed by atoms with Gasteiger partial charge >= 0.3 is 6.09 Å². The topological polar surface area (TPSA) is 64.1 Å². The molecule has 1 aromatic heterocycles. The third-order valence-electron chi connectivity index (χ3n) is 1.69. The van der Waals surface area contributed by atoms with Crippen LogP contribution in [-0.4, -0.2) is 28.2 Å². The van der Waals surface area contributed by atoms with E-state index in [1.165, 1.54) is 0 Å². The van der Waals surface area contributed by atoms with E-state index >= 15 is 0 Å². The number of carbonyl (C=O) groups is 1. The molecule has 1 amide bonds. The van der Waals surface area contributed by atoms with E-state index in [0.717, 1.165) is 5.69 Å². The van der Waals surface area contributed by atoms with Crippen LogP contribution < -0.4 is 5.32 Å². The van der Waals surface area contributed by atoms with E-state index in [1.807, 2.05) is 20.8 Å². The van der Waals surface area contributed by atoms with Gasteiger partial charge < -0.3 is 10.1 Å². The highest BCUT2D eigenvalue weighted by Crippen LogP contribution is 2.06. The van der Waals surface area contributed by atoms with Crippen molar-refractivity contribution < 1.29 is 9.53 Å². The van der Waals surface area contributed by atoms with Gasteiger partial charge in [0.25, 0.3) is 0 Å². The van der Waals surface area contributed by atoms with E-state index < -0.39 is 11.7 Å². The second kappa shape index (κ2) is 6.49. The Bertz CT molecular complexity index is 424. The van der Waals surface area contributed by atoms with Crippen LogP contribution in [0.1, 0.15) is 26.5 Å². The van der Waals surface area contributed by atoms with Gasteiger partial charge in [-0.1, -0.05) is 6.08 Å². The summed E-state index contributed by atoms with van der Waals surface area (Å²) in [5.41, 5.74) is 0.245. The van der Waals surface area contributed by atoms with Crippen LogP contribution in [0.25, 0.3) is 6.08 Å². The van der Waals surface area contributed by atoms with Crippen LogP contribution in [0.15, 0.2) is 23.1 Å². The van der Waals surface area contributed by atoms with Crippen molar-refractivity contribution in [2.75, 3.05) is 6.54 Å². The van der Waals surface area contributed by atoms with Gasteiger partial charge in [0.05, 0.1) is 18.1 Å². The Morgan fingerprint density at radius 1 is 1.44 bits per heavy atom. The minimum Gasteiger partial charge on any atom is -0.444 e. The number of amides is 1. The Morgan fingerprint density at radius 3 is 2.72 bits per heavy atom. The summed E-state index contributed by atoms with van der Waals surface area (Å²) in [5, 5.41) is 2.62. The molecule has 0 spiro atoms. The van der Waals surface area contributed by atoms with E-state index in [9.17, 15) is 4.79 Å². The fraction of sp³-hybridized carbons (Fsp3) is 0.417. The molecule has 1 N–H and O–H groups in total. The number of hydrogen-bond acceptors (Lipinski definition) is 4. The van der Waals surface area contributed by atoms with Crippen molar-refractivity contribution >= 4 is 28.1 Å². The van der Waals surface area contributed by atoms with E-state index in [0.29, 0.717) is 11.1 Å². The van der Waals surface area contributed by atoms with Crippen molar-refractivity contribution in [2.45, 2.75) is 26.4 Å². The summed E-state index contributed by atoms with van der Waals surface area (Å²) in [6.45, 7) is 5.84. The van der Waals surface area contributed by atoms with Crippen molar-refractivity contribution in [2.24, 2.45) is 0 Å². The number of aromatic nitrogens is 2. The smallest absolute Gasteiger partial charge is 0.407 e.